The predicted octanol–water partition coefficient (Wildman–Crippen LogP) is 3.45. The van der Waals surface area contributed by atoms with Crippen molar-refractivity contribution in [3.8, 4) is 17.2 Å². The van der Waals surface area contributed by atoms with Gasteiger partial charge in [-0.2, -0.15) is 5.10 Å². The maximum Gasteiger partial charge on any atom is 0.347 e. The van der Waals surface area contributed by atoms with Crippen molar-refractivity contribution in [2.24, 2.45) is 0 Å². The molecule has 0 bridgehead atoms. The first-order chi connectivity index (χ1) is 10.5. The molecule has 1 heterocycles. The largest absolute Gasteiger partial charge is 0.457 e. The van der Waals surface area contributed by atoms with Crippen LogP contribution in [0.2, 0.25) is 5.02 Å². The van der Waals surface area contributed by atoms with Gasteiger partial charge in [-0.05, 0) is 43.3 Å². The summed E-state index contributed by atoms with van der Waals surface area (Å²) in [6.07, 6.45) is 0. The van der Waals surface area contributed by atoms with Gasteiger partial charge in [0.2, 0.25) is 0 Å². The fourth-order valence-corrected chi connectivity index (χ4v) is 2.19. The second-order valence-corrected chi connectivity index (χ2v) is 4.99. The van der Waals surface area contributed by atoms with Gasteiger partial charge in [-0.3, -0.25) is 0 Å². The second-order valence-electron chi connectivity index (χ2n) is 4.58. The molecule has 112 valence electrons. The number of halogens is 2. The van der Waals surface area contributed by atoms with Crippen molar-refractivity contribution in [1.82, 2.24) is 14.8 Å². The fourth-order valence-electron chi connectivity index (χ4n) is 2.02. The number of ether oxygens (including phenoxy) is 1. The maximum atomic E-state index is 13.1. The van der Waals surface area contributed by atoms with E-state index in [0.29, 0.717) is 23.0 Å². The third-order valence-corrected chi connectivity index (χ3v) is 3.35. The van der Waals surface area contributed by atoms with E-state index in [1.54, 1.807) is 31.2 Å². The van der Waals surface area contributed by atoms with E-state index in [9.17, 15) is 9.18 Å². The highest BCUT2D eigenvalue weighted by molar-refractivity contribution is 6.30. The second kappa shape index (κ2) is 5.65. The normalized spacial score (nSPS) is 10.7. The summed E-state index contributed by atoms with van der Waals surface area (Å²) >= 11 is 5.70. The number of benzene rings is 2. The standard InChI is InChI=1S/C15H11ClFN3O2/c1-9-18-19-15(21)20(9)10-2-4-11(5-3-10)22-12-6-7-14(17)13(16)8-12/h2-8H,1H3,(H,19,21). The van der Waals surface area contributed by atoms with Gasteiger partial charge < -0.3 is 4.74 Å². The van der Waals surface area contributed by atoms with Crippen molar-refractivity contribution < 1.29 is 9.13 Å². The summed E-state index contributed by atoms with van der Waals surface area (Å²) in [5.74, 6) is 1.03. The van der Waals surface area contributed by atoms with Crippen LogP contribution in [0, 0.1) is 12.7 Å². The Balaban J connectivity index is 1.85. The van der Waals surface area contributed by atoms with E-state index in [1.807, 2.05) is 0 Å². The Labute approximate surface area is 129 Å². The molecule has 1 aromatic heterocycles. The summed E-state index contributed by atoms with van der Waals surface area (Å²) in [4.78, 5) is 11.6. The molecular weight excluding hydrogens is 309 g/mol. The third-order valence-electron chi connectivity index (χ3n) is 3.06. The van der Waals surface area contributed by atoms with Crippen LogP contribution in [0.3, 0.4) is 0 Å². The molecule has 7 heteroatoms. The Morgan fingerprint density at radius 2 is 1.86 bits per heavy atom. The Morgan fingerprint density at radius 1 is 1.18 bits per heavy atom. The number of nitrogens with zero attached hydrogens (tertiary/aromatic N) is 2. The number of aromatic nitrogens is 3. The number of nitrogens with one attached hydrogen (secondary N) is 1. The molecule has 0 aliphatic rings. The monoisotopic (exact) mass is 319 g/mol. The number of aryl methyl sites for hydroxylation is 1. The molecule has 5 nitrogen and oxygen atoms in total. The van der Waals surface area contributed by atoms with Crippen molar-refractivity contribution in [2.45, 2.75) is 6.92 Å². The van der Waals surface area contributed by atoms with E-state index in [-0.39, 0.29) is 10.7 Å². The minimum absolute atomic E-state index is 0.00491. The smallest absolute Gasteiger partial charge is 0.347 e. The third kappa shape index (κ3) is 2.73. The van der Waals surface area contributed by atoms with Crippen LogP contribution in [-0.2, 0) is 0 Å². The zero-order valence-corrected chi connectivity index (χ0v) is 12.3. The van der Waals surface area contributed by atoms with E-state index in [2.05, 4.69) is 10.2 Å². The predicted molar refractivity (Wildman–Crippen MR) is 80.4 cm³/mol. The molecule has 0 aliphatic heterocycles. The van der Waals surface area contributed by atoms with Gasteiger partial charge in [0.25, 0.3) is 0 Å². The van der Waals surface area contributed by atoms with Crippen LogP contribution in [0.5, 0.6) is 11.5 Å². The van der Waals surface area contributed by atoms with E-state index in [4.69, 9.17) is 16.3 Å². The van der Waals surface area contributed by atoms with Crippen LogP contribution < -0.4 is 10.4 Å². The molecule has 0 aliphatic carbocycles. The summed E-state index contributed by atoms with van der Waals surface area (Å²) in [7, 11) is 0. The molecule has 3 rings (SSSR count). The lowest BCUT2D eigenvalue weighted by Gasteiger charge is -2.08. The topological polar surface area (TPSA) is 59.9 Å². The van der Waals surface area contributed by atoms with E-state index < -0.39 is 5.82 Å². The molecule has 2 aromatic carbocycles. The van der Waals surface area contributed by atoms with Gasteiger partial charge in [-0.1, -0.05) is 11.6 Å². The van der Waals surface area contributed by atoms with Crippen LogP contribution in [0.25, 0.3) is 5.69 Å². The highest BCUT2D eigenvalue weighted by atomic mass is 35.5. The summed E-state index contributed by atoms with van der Waals surface area (Å²) in [5, 5.41) is 6.22. The van der Waals surface area contributed by atoms with Crippen LogP contribution >= 0.6 is 11.6 Å². The molecule has 1 N–H and O–H groups in total. The van der Waals surface area contributed by atoms with Crippen molar-refractivity contribution in [2.75, 3.05) is 0 Å². The quantitative estimate of drug-likeness (QED) is 0.804. The molecule has 0 spiro atoms. The lowest BCUT2D eigenvalue weighted by atomic mass is 10.3. The Morgan fingerprint density at radius 3 is 2.45 bits per heavy atom. The zero-order valence-electron chi connectivity index (χ0n) is 11.5. The van der Waals surface area contributed by atoms with Crippen LogP contribution in [0.15, 0.2) is 47.3 Å². The van der Waals surface area contributed by atoms with Crippen molar-refractivity contribution in [3.05, 3.63) is 69.6 Å². The first kappa shape index (κ1) is 14.3. The number of hydrogen-bond acceptors (Lipinski definition) is 3. The highest BCUT2D eigenvalue weighted by Crippen LogP contribution is 2.26. The minimum atomic E-state index is -0.501. The first-order valence-electron chi connectivity index (χ1n) is 6.42. The van der Waals surface area contributed by atoms with Crippen molar-refractivity contribution in [1.29, 1.82) is 0 Å². The number of H-pyrrole nitrogens is 1. The Kier molecular flexibility index (Phi) is 3.68. The molecule has 0 unspecified atom stereocenters. The van der Waals surface area contributed by atoms with Gasteiger partial charge in [-0.25, -0.2) is 18.9 Å². The molecule has 22 heavy (non-hydrogen) atoms. The van der Waals surface area contributed by atoms with E-state index >= 15 is 0 Å². The molecule has 0 saturated heterocycles. The summed E-state index contributed by atoms with van der Waals surface area (Å²) < 4.78 is 20.1. The van der Waals surface area contributed by atoms with Crippen LogP contribution in [0.4, 0.5) is 4.39 Å². The average molecular weight is 320 g/mol. The molecule has 0 radical (unpaired) electrons. The lowest BCUT2D eigenvalue weighted by Crippen LogP contribution is -2.15. The Bertz CT molecular complexity index is 871. The van der Waals surface area contributed by atoms with Crippen LogP contribution in [-0.4, -0.2) is 14.8 Å². The number of hydrogen-bond donors (Lipinski definition) is 1. The highest BCUT2D eigenvalue weighted by Gasteiger charge is 2.07. The minimum Gasteiger partial charge on any atom is -0.457 e. The Hall–Kier alpha value is -2.60. The fraction of sp³-hybridized carbons (Fsp3) is 0.0667. The van der Waals surface area contributed by atoms with Gasteiger partial charge in [0.05, 0.1) is 10.7 Å². The molecule has 3 aromatic rings. The first-order valence-corrected chi connectivity index (χ1v) is 6.80. The maximum absolute atomic E-state index is 13.1. The summed E-state index contributed by atoms with van der Waals surface area (Å²) in [5.41, 5.74) is 0.359. The SMILES string of the molecule is Cc1n[nH]c(=O)n1-c1ccc(Oc2ccc(F)c(Cl)c2)cc1. The summed E-state index contributed by atoms with van der Waals surface area (Å²) in [6.45, 7) is 1.73. The molecule has 0 saturated carbocycles. The van der Waals surface area contributed by atoms with E-state index in [0.717, 1.165) is 0 Å². The van der Waals surface area contributed by atoms with Gasteiger partial charge in [0, 0.05) is 6.07 Å². The zero-order chi connectivity index (χ0) is 15.7. The van der Waals surface area contributed by atoms with Gasteiger partial charge in [0.1, 0.15) is 23.1 Å². The average Bonchev–Trinajstić information content (AvgIpc) is 2.83. The molecule has 0 atom stereocenters. The summed E-state index contributed by atoms with van der Waals surface area (Å²) in [6, 6.07) is 11.0. The van der Waals surface area contributed by atoms with Gasteiger partial charge >= 0.3 is 5.69 Å². The van der Waals surface area contributed by atoms with Gasteiger partial charge in [-0.15, -0.1) is 0 Å². The van der Waals surface area contributed by atoms with Gasteiger partial charge in [0.15, 0.2) is 0 Å². The lowest BCUT2D eigenvalue weighted by molar-refractivity contribution is 0.480. The molecular formula is C15H11ClFN3O2. The van der Waals surface area contributed by atoms with Crippen LogP contribution in [0.1, 0.15) is 5.82 Å². The molecule has 0 fully saturated rings. The van der Waals surface area contributed by atoms with Crippen molar-refractivity contribution >= 4 is 11.6 Å². The number of aromatic amines is 1. The van der Waals surface area contributed by atoms with E-state index in [1.165, 1.54) is 22.8 Å². The molecule has 0 amide bonds. The van der Waals surface area contributed by atoms with Crippen molar-refractivity contribution in [3.63, 3.8) is 0 Å². The number of rotatable bonds is 3.